The number of anilines is 1. The predicted octanol–water partition coefficient (Wildman–Crippen LogP) is 4.11. The fraction of sp³-hybridized carbons (Fsp3) is 0.185. The van der Waals surface area contributed by atoms with Crippen LogP contribution in [-0.2, 0) is 4.79 Å². The van der Waals surface area contributed by atoms with Gasteiger partial charge in [-0.15, -0.1) is 0 Å². The standard InChI is InChI=1S/C27H22FN7O2/c1-2-23(36)34-12-4-5-20(16-34)35-25-19(13-29)14-30-15-21(25)24(33-35)17-7-9-18(10-8-17)27(37)32-26-22(28)6-3-11-31-26/h2-3,6-11,14-15,20H,1,4-5,12,16H2,(H,31,32,37)/t20-/m1/s1. The first-order valence-electron chi connectivity index (χ1n) is 11.7. The topological polar surface area (TPSA) is 117 Å². The third kappa shape index (κ3) is 4.54. The molecule has 0 radical (unpaired) electrons. The van der Waals surface area contributed by atoms with E-state index in [0.29, 0.717) is 40.8 Å². The third-order valence-electron chi connectivity index (χ3n) is 6.37. The highest BCUT2D eigenvalue weighted by Gasteiger charge is 2.28. The zero-order valence-corrected chi connectivity index (χ0v) is 19.8. The van der Waals surface area contributed by atoms with Crippen molar-refractivity contribution in [2.45, 2.75) is 18.9 Å². The van der Waals surface area contributed by atoms with Crippen molar-refractivity contribution in [1.82, 2.24) is 24.6 Å². The summed E-state index contributed by atoms with van der Waals surface area (Å²) < 4.78 is 15.7. The number of likely N-dealkylation sites (tertiary alicyclic amines) is 1. The summed E-state index contributed by atoms with van der Waals surface area (Å²) in [5.74, 6) is -1.40. The molecule has 2 amide bonds. The molecule has 1 N–H and O–H groups in total. The van der Waals surface area contributed by atoms with Crippen molar-refractivity contribution in [3.8, 4) is 17.3 Å². The second kappa shape index (κ2) is 9.99. The summed E-state index contributed by atoms with van der Waals surface area (Å²) in [7, 11) is 0. The van der Waals surface area contributed by atoms with E-state index in [9.17, 15) is 19.2 Å². The van der Waals surface area contributed by atoms with Gasteiger partial charge in [0.1, 0.15) is 11.8 Å². The molecule has 1 aliphatic rings. The van der Waals surface area contributed by atoms with Gasteiger partial charge in [-0.1, -0.05) is 18.7 Å². The Kier molecular flexibility index (Phi) is 6.43. The average Bonchev–Trinajstić information content (AvgIpc) is 3.34. The molecule has 1 atom stereocenters. The first-order chi connectivity index (χ1) is 18.0. The predicted molar refractivity (Wildman–Crippen MR) is 135 cm³/mol. The van der Waals surface area contributed by atoms with Crippen molar-refractivity contribution in [2.24, 2.45) is 0 Å². The number of amides is 2. The molecule has 1 aliphatic heterocycles. The third-order valence-corrected chi connectivity index (χ3v) is 6.37. The van der Waals surface area contributed by atoms with Crippen LogP contribution < -0.4 is 5.32 Å². The van der Waals surface area contributed by atoms with Gasteiger partial charge in [-0.3, -0.25) is 19.3 Å². The maximum atomic E-state index is 13.9. The minimum atomic E-state index is -0.624. The van der Waals surface area contributed by atoms with Gasteiger partial charge in [0.05, 0.1) is 17.1 Å². The maximum absolute atomic E-state index is 13.9. The highest BCUT2D eigenvalue weighted by Crippen LogP contribution is 2.33. The Morgan fingerprint density at radius 3 is 2.76 bits per heavy atom. The first kappa shape index (κ1) is 23.8. The molecule has 184 valence electrons. The summed E-state index contributed by atoms with van der Waals surface area (Å²) in [6, 6.07) is 11.4. The SMILES string of the molecule is C=CC(=O)N1CCC[C@@H](n2nc(-c3ccc(C(=O)Nc4ncccc4F)cc3)c3cncc(C#N)c32)C1. The number of fused-ring (bicyclic) bond motifs is 1. The number of piperidine rings is 1. The summed E-state index contributed by atoms with van der Waals surface area (Å²) in [5, 5.41) is 17.8. The minimum Gasteiger partial charge on any atom is -0.337 e. The number of carbonyl (C=O) groups excluding carboxylic acids is 2. The number of nitrogens with zero attached hydrogens (tertiary/aromatic N) is 6. The number of nitrogens with one attached hydrogen (secondary N) is 1. The van der Waals surface area contributed by atoms with Gasteiger partial charge in [-0.05, 0) is 43.2 Å². The van der Waals surface area contributed by atoms with Gasteiger partial charge in [0.15, 0.2) is 11.6 Å². The molecule has 9 nitrogen and oxygen atoms in total. The van der Waals surface area contributed by atoms with Crippen molar-refractivity contribution < 1.29 is 14.0 Å². The van der Waals surface area contributed by atoms with Crippen molar-refractivity contribution in [3.05, 3.63) is 84.6 Å². The number of halogens is 1. The Balaban J connectivity index is 1.50. The van der Waals surface area contributed by atoms with Gasteiger partial charge in [0.2, 0.25) is 5.91 Å². The van der Waals surface area contributed by atoms with Crippen LogP contribution in [0, 0.1) is 17.1 Å². The number of aromatic nitrogens is 4. The quantitative estimate of drug-likeness (QED) is 0.417. The molecule has 37 heavy (non-hydrogen) atoms. The van der Waals surface area contributed by atoms with Crippen LogP contribution in [0.5, 0.6) is 0 Å². The lowest BCUT2D eigenvalue weighted by Gasteiger charge is -2.32. The maximum Gasteiger partial charge on any atom is 0.256 e. The van der Waals surface area contributed by atoms with Crippen LogP contribution in [0.4, 0.5) is 10.2 Å². The van der Waals surface area contributed by atoms with Crippen LogP contribution in [-0.4, -0.2) is 49.6 Å². The molecule has 4 heterocycles. The number of carbonyl (C=O) groups is 2. The average molecular weight is 496 g/mol. The molecule has 5 rings (SSSR count). The highest BCUT2D eigenvalue weighted by molar-refractivity contribution is 6.04. The number of nitriles is 1. The Hall–Kier alpha value is -4.91. The van der Waals surface area contributed by atoms with E-state index < -0.39 is 11.7 Å². The minimum absolute atomic E-state index is 0.123. The van der Waals surface area contributed by atoms with Crippen molar-refractivity contribution in [2.75, 3.05) is 18.4 Å². The lowest BCUT2D eigenvalue weighted by molar-refractivity contribution is -0.127. The monoisotopic (exact) mass is 495 g/mol. The van der Waals surface area contributed by atoms with Crippen LogP contribution in [0.3, 0.4) is 0 Å². The molecule has 0 unspecified atom stereocenters. The normalized spacial score (nSPS) is 15.2. The van der Waals surface area contributed by atoms with Gasteiger partial charge < -0.3 is 10.2 Å². The molecule has 4 aromatic rings. The van der Waals surface area contributed by atoms with Crippen LogP contribution in [0.25, 0.3) is 22.2 Å². The fourth-order valence-corrected chi connectivity index (χ4v) is 4.57. The number of pyridine rings is 2. The van der Waals surface area contributed by atoms with E-state index in [2.05, 4.69) is 27.9 Å². The molecular weight excluding hydrogens is 473 g/mol. The second-order valence-electron chi connectivity index (χ2n) is 8.64. The number of hydrogen-bond acceptors (Lipinski definition) is 6. The van der Waals surface area contributed by atoms with E-state index in [0.717, 1.165) is 18.4 Å². The summed E-state index contributed by atoms with van der Waals surface area (Å²) in [5.41, 5.74) is 2.68. The lowest BCUT2D eigenvalue weighted by atomic mass is 10.0. The van der Waals surface area contributed by atoms with E-state index in [1.165, 1.54) is 30.6 Å². The molecule has 0 aliphatic carbocycles. The van der Waals surface area contributed by atoms with E-state index in [4.69, 9.17) is 5.10 Å². The molecule has 0 saturated carbocycles. The molecule has 0 spiro atoms. The highest BCUT2D eigenvalue weighted by atomic mass is 19.1. The number of hydrogen-bond donors (Lipinski definition) is 1. The van der Waals surface area contributed by atoms with Gasteiger partial charge in [0.25, 0.3) is 5.91 Å². The Morgan fingerprint density at radius 2 is 2.03 bits per heavy atom. The van der Waals surface area contributed by atoms with Crippen molar-refractivity contribution >= 4 is 28.5 Å². The van der Waals surface area contributed by atoms with E-state index in [1.807, 2.05) is 4.68 Å². The van der Waals surface area contributed by atoms with Gasteiger partial charge in [-0.2, -0.15) is 10.4 Å². The van der Waals surface area contributed by atoms with Crippen molar-refractivity contribution in [3.63, 3.8) is 0 Å². The van der Waals surface area contributed by atoms with Gasteiger partial charge in [0, 0.05) is 48.2 Å². The Labute approximate surface area is 211 Å². The van der Waals surface area contributed by atoms with E-state index >= 15 is 0 Å². The Bertz CT molecular complexity index is 1560. The molecule has 0 bridgehead atoms. The lowest BCUT2D eigenvalue weighted by Crippen LogP contribution is -2.40. The van der Waals surface area contributed by atoms with E-state index in [-0.39, 0.29) is 17.8 Å². The zero-order valence-electron chi connectivity index (χ0n) is 19.8. The van der Waals surface area contributed by atoms with Crippen LogP contribution >= 0.6 is 0 Å². The molecule has 10 heteroatoms. The molecule has 1 saturated heterocycles. The number of rotatable bonds is 5. The van der Waals surface area contributed by atoms with Gasteiger partial charge >= 0.3 is 0 Å². The van der Waals surface area contributed by atoms with Crippen LogP contribution in [0.2, 0.25) is 0 Å². The molecule has 3 aromatic heterocycles. The van der Waals surface area contributed by atoms with Gasteiger partial charge in [-0.25, -0.2) is 9.37 Å². The zero-order chi connectivity index (χ0) is 25.9. The second-order valence-corrected chi connectivity index (χ2v) is 8.64. The fourth-order valence-electron chi connectivity index (χ4n) is 4.57. The number of benzene rings is 1. The Morgan fingerprint density at radius 1 is 1.22 bits per heavy atom. The molecular formula is C27H22FN7O2. The van der Waals surface area contributed by atoms with Crippen molar-refractivity contribution in [1.29, 1.82) is 5.26 Å². The summed E-state index contributed by atoms with van der Waals surface area (Å²) >= 11 is 0. The van der Waals surface area contributed by atoms with Crippen LogP contribution in [0.15, 0.2) is 67.6 Å². The summed E-state index contributed by atoms with van der Waals surface area (Å²) in [6.07, 6.45) is 7.46. The summed E-state index contributed by atoms with van der Waals surface area (Å²) in [4.78, 5) is 34.7. The summed E-state index contributed by atoms with van der Waals surface area (Å²) in [6.45, 7) is 4.69. The largest absolute Gasteiger partial charge is 0.337 e. The van der Waals surface area contributed by atoms with E-state index in [1.54, 1.807) is 35.4 Å². The molecule has 1 aromatic carbocycles. The smallest absolute Gasteiger partial charge is 0.256 e. The van der Waals surface area contributed by atoms with Crippen LogP contribution in [0.1, 0.15) is 34.8 Å². The first-order valence-corrected chi connectivity index (χ1v) is 11.7. The molecule has 1 fully saturated rings.